The van der Waals surface area contributed by atoms with Crippen molar-refractivity contribution in [1.82, 2.24) is 0 Å². The van der Waals surface area contributed by atoms with E-state index in [2.05, 4.69) is 4.74 Å². The molecule has 3 N–H and O–H groups in total. The molecule has 0 heterocycles. The lowest BCUT2D eigenvalue weighted by molar-refractivity contribution is 0.116. The molecule has 7 heteroatoms. The first-order chi connectivity index (χ1) is 5.37. The summed E-state index contributed by atoms with van der Waals surface area (Å²) in [7, 11) is -4.60. The second-order valence-electron chi connectivity index (χ2n) is 2.22. The van der Waals surface area contributed by atoms with Crippen molar-refractivity contribution in [2.75, 3.05) is 0 Å². The molecule has 0 rings (SSSR count). The first kappa shape index (κ1) is 11.3. The summed E-state index contributed by atoms with van der Waals surface area (Å²) in [6.07, 6.45) is 0.166. The van der Waals surface area contributed by atoms with E-state index in [4.69, 9.17) is 10.3 Å². The Labute approximate surface area is 70.4 Å². The predicted octanol–water partition coefficient (Wildman–Crippen LogP) is -0.629. The van der Waals surface area contributed by atoms with Gasteiger partial charge in [0, 0.05) is 6.42 Å². The molecule has 1 atom stereocenters. The fraction of sp³-hybridized carbons (Fsp3) is 0.800. The normalized spacial score (nSPS) is 16.6. The first-order valence-electron chi connectivity index (χ1n) is 3.18. The van der Waals surface area contributed by atoms with Gasteiger partial charge in [-0.2, -0.15) is 8.42 Å². The molecule has 1 radical (unpaired) electrons. The maximum atomic E-state index is 10.6. The summed E-state index contributed by atoms with van der Waals surface area (Å²) in [5.74, 6) is 0. The molecule has 6 nitrogen and oxygen atoms in total. The van der Waals surface area contributed by atoms with Crippen LogP contribution in [0, 0.1) is 0 Å². The maximum Gasteiger partial charge on any atom is 0.420 e. The van der Waals surface area contributed by atoms with Crippen LogP contribution < -0.4 is 5.73 Å². The summed E-state index contributed by atoms with van der Waals surface area (Å²) in [6, 6.07) is 0. The number of hydrogen-bond donors (Lipinski definition) is 2. The third-order valence-electron chi connectivity index (χ3n) is 1.25. The Morgan fingerprint density at radius 3 is 2.42 bits per heavy atom. The lowest BCUT2D eigenvalue weighted by Gasteiger charge is -2.21. The Morgan fingerprint density at radius 2 is 2.17 bits per heavy atom. The maximum absolute atomic E-state index is 10.6. The van der Waals surface area contributed by atoms with Gasteiger partial charge < -0.3 is 4.74 Å². The van der Waals surface area contributed by atoms with Crippen LogP contribution in [-0.4, -0.2) is 24.5 Å². The minimum Gasteiger partial charge on any atom is -0.418 e. The molecule has 0 spiro atoms. The van der Waals surface area contributed by atoms with E-state index in [0.717, 1.165) is 6.47 Å². The van der Waals surface area contributed by atoms with Crippen molar-refractivity contribution >= 4 is 16.6 Å². The van der Waals surface area contributed by atoms with Crippen LogP contribution in [0.15, 0.2) is 0 Å². The SMILES string of the molecule is CCCC(N)(O[C]=O)S(=O)(=O)O. The largest absolute Gasteiger partial charge is 0.420 e. The van der Waals surface area contributed by atoms with Gasteiger partial charge in [0.2, 0.25) is 0 Å². The third kappa shape index (κ3) is 2.43. The van der Waals surface area contributed by atoms with Gasteiger partial charge in [-0.25, -0.2) is 4.79 Å². The van der Waals surface area contributed by atoms with Crippen LogP contribution in [0.3, 0.4) is 0 Å². The Hall–Kier alpha value is -0.660. The highest BCUT2D eigenvalue weighted by molar-refractivity contribution is 7.87. The van der Waals surface area contributed by atoms with Gasteiger partial charge in [-0.15, -0.1) is 0 Å². The van der Waals surface area contributed by atoms with Crippen molar-refractivity contribution in [3.05, 3.63) is 0 Å². The second kappa shape index (κ2) is 3.83. The number of nitrogens with two attached hydrogens (primary N) is 1. The number of hydrogen-bond acceptors (Lipinski definition) is 5. The van der Waals surface area contributed by atoms with Crippen molar-refractivity contribution in [2.24, 2.45) is 5.73 Å². The third-order valence-corrected chi connectivity index (χ3v) is 2.41. The average molecular weight is 196 g/mol. The summed E-state index contributed by atoms with van der Waals surface area (Å²) >= 11 is 0. The van der Waals surface area contributed by atoms with Crippen LogP contribution in [0.5, 0.6) is 0 Å². The highest BCUT2D eigenvalue weighted by Gasteiger charge is 2.40. The molecule has 0 aliphatic rings. The summed E-state index contributed by atoms with van der Waals surface area (Å²) in [5, 5.41) is -2.36. The van der Waals surface area contributed by atoms with E-state index in [0.29, 0.717) is 6.42 Å². The molecule has 0 saturated heterocycles. The molecule has 0 fully saturated rings. The Kier molecular flexibility index (Phi) is 3.62. The summed E-state index contributed by atoms with van der Waals surface area (Å²) in [6.45, 7) is 2.51. The molecule has 0 aliphatic carbocycles. The minimum absolute atomic E-state index is 0.179. The predicted molar refractivity (Wildman–Crippen MR) is 40.2 cm³/mol. The molecule has 0 bridgehead atoms. The van der Waals surface area contributed by atoms with Gasteiger partial charge in [0.25, 0.3) is 5.06 Å². The number of ether oxygens (including phenoxy) is 1. The van der Waals surface area contributed by atoms with Crippen molar-refractivity contribution < 1.29 is 22.5 Å². The highest BCUT2D eigenvalue weighted by atomic mass is 32.2. The van der Waals surface area contributed by atoms with Crippen LogP contribution in [-0.2, 0) is 19.6 Å². The molecule has 0 aliphatic heterocycles. The molecule has 0 aromatic heterocycles. The van der Waals surface area contributed by atoms with Crippen LogP contribution in [0.4, 0.5) is 0 Å². The van der Waals surface area contributed by atoms with Gasteiger partial charge in [-0.05, 0) is 6.42 Å². The Morgan fingerprint density at radius 1 is 1.67 bits per heavy atom. The topological polar surface area (TPSA) is 107 Å². The minimum atomic E-state index is -4.60. The zero-order valence-electron chi connectivity index (χ0n) is 6.48. The molecule has 0 aromatic carbocycles. The van der Waals surface area contributed by atoms with Crippen molar-refractivity contribution in [3.8, 4) is 0 Å². The van der Waals surface area contributed by atoms with E-state index < -0.39 is 15.2 Å². The standard InChI is InChI=1S/C5H10NO5S/c1-2-3-5(6,11-4-7)12(8,9)10/h2-3,6H2,1H3,(H,8,9,10). The molecule has 0 aromatic rings. The lowest BCUT2D eigenvalue weighted by atomic mass is 10.3. The summed E-state index contributed by atoms with van der Waals surface area (Å²) in [4.78, 5) is 9.74. The molecular weight excluding hydrogens is 186 g/mol. The van der Waals surface area contributed by atoms with Gasteiger partial charge in [-0.1, -0.05) is 6.92 Å². The molecule has 0 saturated carbocycles. The van der Waals surface area contributed by atoms with Crippen LogP contribution in [0.25, 0.3) is 0 Å². The average Bonchev–Trinajstić information content (AvgIpc) is 1.86. The molecule has 1 unspecified atom stereocenters. The fourth-order valence-electron chi connectivity index (χ4n) is 0.652. The molecule has 0 amide bonds. The van der Waals surface area contributed by atoms with Gasteiger partial charge in [0.1, 0.15) is 0 Å². The zero-order valence-corrected chi connectivity index (χ0v) is 7.30. The molecular formula is C5H10NO5S. The monoisotopic (exact) mass is 196 g/mol. The number of rotatable bonds is 5. The van der Waals surface area contributed by atoms with Crippen molar-refractivity contribution in [2.45, 2.75) is 24.8 Å². The van der Waals surface area contributed by atoms with Gasteiger partial charge in [0.15, 0.2) is 0 Å². The fourth-order valence-corrected chi connectivity index (χ4v) is 1.25. The van der Waals surface area contributed by atoms with Crippen LogP contribution >= 0.6 is 0 Å². The van der Waals surface area contributed by atoms with Crippen LogP contribution in [0.1, 0.15) is 19.8 Å². The molecule has 12 heavy (non-hydrogen) atoms. The van der Waals surface area contributed by atoms with Gasteiger partial charge in [-0.3, -0.25) is 10.3 Å². The van der Waals surface area contributed by atoms with Crippen molar-refractivity contribution in [1.29, 1.82) is 0 Å². The van der Waals surface area contributed by atoms with E-state index in [-0.39, 0.29) is 6.42 Å². The van der Waals surface area contributed by atoms with E-state index in [1.165, 1.54) is 0 Å². The lowest BCUT2D eigenvalue weighted by Crippen LogP contribution is -2.49. The van der Waals surface area contributed by atoms with Gasteiger partial charge in [0.05, 0.1) is 0 Å². The van der Waals surface area contributed by atoms with E-state index >= 15 is 0 Å². The van der Waals surface area contributed by atoms with Crippen molar-refractivity contribution in [3.63, 3.8) is 0 Å². The van der Waals surface area contributed by atoms with Crippen LogP contribution in [0.2, 0.25) is 0 Å². The smallest absolute Gasteiger partial charge is 0.418 e. The second-order valence-corrected chi connectivity index (χ2v) is 3.86. The quantitative estimate of drug-likeness (QED) is 0.448. The molecule has 71 valence electrons. The summed E-state index contributed by atoms with van der Waals surface area (Å²) in [5.41, 5.74) is 5.07. The van der Waals surface area contributed by atoms with Gasteiger partial charge >= 0.3 is 16.6 Å². The zero-order chi connectivity index (χ0) is 9.83. The Balaban J connectivity index is 4.73. The summed E-state index contributed by atoms with van der Waals surface area (Å²) < 4.78 is 33.6. The van der Waals surface area contributed by atoms with E-state index in [1.54, 1.807) is 6.92 Å². The van der Waals surface area contributed by atoms with E-state index in [1.807, 2.05) is 0 Å². The number of carbonyl (C=O) groups excluding carboxylic acids is 1. The van der Waals surface area contributed by atoms with E-state index in [9.17, 15) is 13.2 Å². The highest BCUT2D eigenvalue weighted by Crippen LogP contribution is 2.16. The Bertz CT molecular complexity index is 249. The first-order valence-corrected chi connectivity index (χ1v) is 4.62.